The van der Waals surface area contributed by atoms with E-state index in [1.165, 1.54) is 6.20 Å². The van der Waals surface area contributed by atoms with E-state index in [1.807, 2.05) is 18.2 Å². The number of ether oxygens (including phenoxy) is 1. The molecule has 1 aromatic carbocycles. The van der Waals surface area contributed by atoms with Gasteiger partial charge in [-0.2, -0.15) is 0 Å². The minimum absolute atomic E-state index is 0.311. The first-order valence-electron chi connectivity index (χ1n) is 6.67. The van der Waals surface area contributed by atoms with Gasteiger partial charge in [-0.3, -0.25) is 20.6 Å². The van der Waals surface area contributed by atoms with Gasteiger partial charge in [0.15, 0.2) is 5.11 Å². The summed E-state index contributed by atoms with van der Waals surface area (Å²) in [6.07, 6.45) is 3.08. The smallest absolute Gasteiger partial charge is 0.271 e. The minimum atomic E-state index is -0.311. The first-order valence-corrected chi connectivity index (χ1v) is 7.87. The molecule has 23 heavy (non-hydrogen) atoms. The van der Waals surface area contributed by atoms with Gasteiger partial charge in [0.1, 0.15) is 5.75 Å². The summed E-state index contributed by atoms with van der Waals surface area (Å²) in [6, 6.07) is 9.07. The fourth-order valence-corrected chi connectivity index (χ4v) is 2.44. The van der Waals surface area contributed by atoms with Crippen molar-refractivity contribution in [3.05, 3.63) is 58.3 Å². The van der Waals surface area contributed by atoms with Crippen molar-refractivity contribution in [3.63, 3.8) is 0 Å². The number of hydrazine groups is 1. The van der Waals surface area contributed by atoms with E-state index in [4.69, 9.17) is 17.0 Å². The molecule has 8 heteroatoms. The van der Waals surface area contributed by atoms with E-state index in [0.29, 0.717) is 17.2 Å². The Morgan fingerprint density at radius 2 is 2.17 bits per heavy atom. The highest BCUT2D eigenvalue weighted by molar-refractivity contribution is 9.10. The molecule has 0 aliphatic rings. The highest BCUT2D eigenvalue weighted by Crippen LogP contribution is 2.25. The van der Waals surface area contributed by atoms with Crippen molar-refractivity contribution in [1.82, 2.24) is 21.2 Å². The highest BCUT2D eigenvalue weighted by atomic mass is 79.9. The molecule has 2 rings (SSSR count). The molecule has 0 unspecified atom stereocenters. The molecule has 0 saturated carbocycles. The monoisotopic (exact) mass is 394 g/mol. The van der Waals surface area contributed by atoms with Crippen LogP contribution in [0.5, 0.6) is 5.75 Å². The number of carbonyl (C=O) groups excluding carboxylic acids is 1. The average Bonchev–Trinajstić information content (AvgIpc) is 2.58. The summed E-state index contributed by atoms with van der Waals surface area (Å²) in [5.74, 6) is 0.452. The largest absolute Gasteiger partial charge is 0.496 e. The zero-order chi connectivity index (χ0) is 16.7. The lowest BCUT2D eigenvalue weighted by atomic mass is 10.2. The van der Waals surface area contributed by atoms with Gasteiger partial charge < -0.3 is 10.1 Å². The zero-order valence-electron chi connectivity index (χ0n) is 12.3. The maximum atomic E-state index is 11.8. The van der Waals surface area contributed by atoms with Crippen LogP contribution in [-0.2, 0) is 6.54 Å². The summed E-state index contributed by atoms with van der Waals surface area (Å²) in [4.78, 5) is 15.7. The number of carbonyl (C=O) groups is 1. The third kappa shape index (κ3) is 5.19. The fourth-order valence-electron chi connectivity index (χ4n) is 1.73. The quantitative estimate of drug-likeness (QED) is 0.544. The van der Waals surface area contributed by atoms with E-state index in [9.17, 15) is 4.79 Å². The van der Waals surface area contributed by atoms with Crippen molar-refractivity contribution in [2.24, 2.45) is 0 Å². The minimum Gasteiger partial charge on any atom is -0.496 e. The molecular formula is C15H15BrN4O2S. The number of amides is 1. The fraction of sp³-hybridized carbons (Fsp3) is 0.133. The molecule has 0 saturated heterocycles. The Bertz CT molecular complexity index is 697. The second kappa shape index (κ2) is 8.44. The van der Waals surface area contributed by atoms with E-state index in [0.717, 1.165) is 15.8 Å². The number of methoxy groups -OCH3 is 1. The Morgan fingerprint density at radius 1 is 1.35 bits per heavy atom. The van der Waals surface area contributed by atoms with Crippen LogP contribution in [-0.4, -0.2) is 23.1 Å². The zero-order valence-corrected chi connectivity index (χ0v) is 14.7. The molecule has 0 aliphatic carbocycles. The number of benzene rings is 1. The molecular weight excluding hydrogens is 380 g/mol. The number of hydrogen-bond donors (Lipinski definition) is 3. The molecule has 0 aliphatic heterocycles. The van der Waals surface area contributed by atoms with Crippen LogP contribution in [0.3, 0.4) is 0 Å². The second-order valence-corrected chi connectivity index (χ2v) is 5.73. The van der Waals surface area contributed by atoms with E-state index >= 15 is 0 Å². The molecule has 2 aromatic rings. The van der Waals surface area contributed by atoms with Crippen LogP contribution in [0.15, 0.2) is 47.2 Å². The van der Waals surface area contributed by atoms with Gasteiger partial charge in [-0.05, 0) is 58.0 Å². The van der Waals surface area contributed by atoms with Crippen LogP contribution in [0, 0.1) is 0 Å². The first kappa shape index (κ1) is 17.2. The molecule has 1 amide bonds. The highest BCUT2D eigenvalue weighted by Gasteiger charge is 2.05. The molecule has 0 fully saturated rings. The third-order valence-corrected chi connectivity index (χ3v) is 3.75. The van der Waals surface area contributed by atoms with Gasteiger partial charge >= 0.3 is 0 Å². The van der Waals surface area contributed by atoms with E-state index in [1.54, 1.807) is 25.4 Å². The maximum absolute atomic E-state index is 11.8. The number of nitrogens with one attached hydrogen (secondary N) is 3. The number of aromatic nitrogens is 1. The standard InChI is InChI=1S/C15H15BrN4O2S/c1-22-13-5-4-10(7-12(13)16)8-18-15(23)20-19-14(21)11-3-2-6-17-9-11/h2-7,9H,8H2,1H3,(H,19,21)(H2,18,20,23). The van der Waals surface area contributed by atoms with Gasteiger partial charge in [-0.25, -0.2) is 0 Å². The van der Waals surface area contributed by atoms with Crippen LogP contribution in [0.2, 0.25) is 0 Å². The predicted octanol–water partition coefficient (Wildman–Crippen LogP) is 2.16. The van der Waals surface area contributed by atoms with E-state index in [2.05, 4.69) is 37.1 Å². The van der Waals surface area contributed by atoms with Gasteiger partial charge in [0.2, 0.25) is 0 Å². The van der Waals surface area contributed by atoms with E-state index in [-0.39, 0.29) is 5.91 Å². The van der Waals surface area contributed by atoms with Crippen molar-refractivity contribution in [1.29, 1.82) is 0 Å². The summed E-state index contributed by atoms with van der Waals surface area (Å²) in [5, 5.41) is 3.31. The number of thiocarbonyl (C=S) groups is 1. The van der Waals surface area contributed by atoms with Crippen LogP contribution in [0.4, 0.5) is 0 Å². The molecule has 3 N–H and O–H groups in total. The summed E-state index contributed by atoms with van der Waals surface area (Å²) >= 11 is 8.54. The Kier molecular flexibility index (Phi) is 6.30. The molecule has 0 spiro atoms. The van der Waals surface area contributed by atoms with Crippen molar-refractivity contribution in [2.75, 3.05) is 7.11 Å². The van der Waals surface area contributed by atoms with Gasteiger partial charge in [0, 0.05) is 18.9 Å². The van der Waals surface area contributed by atoms with Crippen molar-refractivity contribution < 1.29 is 9.53 Å². The summed E-state index contributed by atoms with van der Waals surface area (Å²) < 4.78 is 6.04. The first-order chi connectivity index (χ1) is 11.1. The Morgan fingerprint density at radius 3 is 2.83 bits per heavy atom. The van der Waals surface area contributed by atoms with Gasteiger partial charge in [0.05, 0.1) is 17.1 Å². The normalized spacial score (nSPS) is 9.83. The number of halogens is 1. The number of hydrogen-bond acceptors (Lipinski definition) is 4. The lowest BCUT2D eigenvalue weighted by Crippen LogP contribution is -2.46. The van der Waals surface area contributed by atoms with Gasteiger partial charge in [0.25, 0.3) is 5.91 Å². The van der Waals surface area contributed by atoms with Crippen LogP contribution in [0.25, 0.3) is 0 Å². The van der Waals surface area contributed by atoms with Gasteiger partial charge in [-0.15, -0.1) is 0 Å². The molecule has 1 aromatic heterocycles. The summed E-state index contributed by atoms with van der Waals surface area (Å²) in [5.41, 5.74) is 6.61. The lowest BCUT2D eigenvalue weighted by molar-refractivity contribution is 0.0943. The molecule has 0 bridgehead atoms. The van der Waals surface area contributed by atoms with Crippen molar-refractivity contribution in [2.45, 2.75) is 6.54 Å². The number of pyridine rings is 1. The SMILES string of the molecule is COc1ccc(CNC(=S)NNC(=O)c2cccnc2)cc1Br. The van der Waals surface area contributed by atoms with Gasteiger partial charge in [-0.1, -0.05) is 6.07 Å². The second-order valence-electron chi connectivity index (χ2n) is 4.47. The Labute approximate surface area is 147 Å². The molecule has 1 heterocycles. The number of rotatable bonds is 4. The van der Waals surface area contributed by atoms with Crippen LogP contribution < -0.4 is 20.9 Å². The lowest BCUT2D eigenvalue weighted by Gasteiger charge is -2.12. The third-order valence-electron chi connectivity index (χ3n) is 2.88. The van der Waals surface area contributed by atoms with Crippen LogP contribution in [0.1, 0.15) is 15.9 Å². The summed E-state index contributed by atoms with van der Waals surface area (Å²) in [7, 11) is 1.61. The van der Waals surface area contributed by atoms with E-state index < -0.39 is 0 Å². The predicted molar refractivity (Wildman–Crippen MR) is 95.0 cm³/mol. The topological polar surface area (TPSA) is 75.3 Å². The number of nitrogens with zero attached hydrogens (tertiary/aromatic N) is 1. The van der Waals surface area contributed by atoms with Crippen molar-refractivity contribution in [3.8, 4) is 5.75 Å². The Hall–Kier alpha value is -2.19. The molecule has 0 radical (unpaired) electrons. The van der Waals surface area contributed by atoms with Crippen molar-refractivity contribution >= 4 is 39.2 Å². The van der Waals surface area contributed by atoms with Crippen LogP contribution >= 0.6 is 28.1 Å². The Balaban J connectivity index is 1.79. The average molecular weight is 395 g/mol. The molecule has 120 valence electrons. The summed E-state index contributed by atoms with van der Waals surface area (Å²) in [6.45, 7) is 0.511. The molecule has 0 atom stereocenters. The maximum Gasteiger partial charge on any atom is 0.271 e. The molecule has 6 nitrogen and oxygen atoms in total.